The van der Waals surface area contributed by atoms with Gasteiger partial charge >= 0.3 is 6.18 Å². The van der Waals surface area contributed by atoms with Gasteiger partial charge in [0, 0.05) is 16.2 Å². The zero-order chi connectivity index (χ0) is 13.1. The van der Waals surface area contributed by atoms with Gasteiger partial charge in [0.05, 0.1) is 7.11 Å². The first kappa shape index (κ1) is 12.9. The monoisotopic (exact) mass is 245 g/mol. The molecule has 5 nitrogen and oxygen atoms in total. The Balaban J connectivity index is 3.37. The van der Waals surface area contributed by atoms with Gasteiger partial charge in [-0.15, -0.1) is 0 Å². The molecule has 0 amide bonds. The summed E-state index contributed by atoms with van der Waals surface area (Å²) in [6.45, 7) is 0. The van der Waals surface area contributed by atoms with Crippen LogP contribution in [0.25, 0.3) is 10.4 Å². The fourth-order valence-electron chi connectivity index (χ4n) is 1.11. The number of methoxy groups -OCH3 is 1. The molecular formula is C9H6F3N3O2. The Bertz CT molecular complexity index is 493. The average Bonchev–Trinajstić information content (AvgIpc) is 2.28. The van der Waals surface area contributed by atoms with Crippen LogP contribution in [0.5, 0.6) is 5.75 Å². The molecule has 0 heterocycles. The Hall–Kier alpha value is -2.21. The van der Waals surface area contributed by atoms with Crippen LogP contribution < -0.4 is 4.74 Å². The minimum atomic E-state index is -5.04. The van der Waals surface area contributed by atoms with Crippen LogP contribution in [0, 0.1) is 0 Å². The molecule has 0 aliphatic heterocycles. The highest BCUT2D eigenvalue weighted by Gasteiger charge is 2.40. The molecule has 0 aromatic heterocycles. The second kappa shape index (κ2) is 4.75. The Morgan fingerprint density at radius 3 is 2.59 bits per heavy atom. The van der Waals surface area contributed by atoms with E-state index in [1.165, 1.54) is 13.2 Å². The number of carbonyl (C=O) groups is 1. The maximum Gasteiger partial charge on any atom is 0.454 e. The van der Waals surface area contributed by atoms with Crippen molar-refractivity contribution in [2.24, 2.45) is 5.11 Å². The molecule has 0 saturated carbocycles. The Labute approximate surface area is 93.4 Å². The normalized spacial score (nSPS) is 10.6. The maximum absolute atomic E-state index is 12.3. The van der Waals surface area contributed by atoms with E-state index in [0.29, 0.717) is 0 Å². The molecule has 0 N–H and O–H groups in total. The number of halogens is 3. The summed E-state index contributed by atoms with van der Waals surface area (Å²) in [5.41, 5.74) is 7.06. The van der Waals surface area contributed by atoms with Crippen molar-refractivity contribution in [3.63, 3.8) is 0 Å². The van der Waals surface area contributed by atoms with E-state index >= 15 is 0 Å². The van der Waals surface area contributed by atoms with E-state index in [1.807, 2.05) is 0 Å². The highest BCUT2D eigenvalue weighted by atomic mass is 19.4. The first-order valence-electron chi connectivity index (χ1n) is 4.25. The maximum atomic E-state index is 12.3. The van der Waals surface area contributed by atoms with E-state index in [4.69, 9.17) is 10.3 Å². The number of alkyl halides is 3. The van der Waals surface area contributed by atoms with E-state index < -0.39 is 23.2 Å². The van der Waals surface area contributed by atoms with Gasteiger partial charge in [0.2, 0.25) is 0 Å². The standard InChI is InChI=1S/C9H6F3N3O2/c1-17-5-2-3-7(14-15-13)6(4-5)8(16)9(10,11)12/h2-4H,1H3. The highest BCUT2D eigenvalue weighted by Crippen LogP contribution is 2.30. The minimum absolute atomic E-state index is 0.0643. The van der Waals surface area contributed by atoms with Crippen LogP contribution in [0.3, 0.4) is 0 Å². The summed E-state index contributed by atoms with van der Waals surface area (Å²) in [7, 11) is 1.24. The van der Waals surface area contributed by atoms with Crippen LogP contribution in [0.4, 0.5) is 18.9 Å². The highest BCUT2D eigenvalue weighted by molar-refractivity contribution is 6.04. The van der Waals surface area contributed by atoms with Crippen molar-refractivity contribution >= 4 is 11.5 Å². The number of carbonyl (C=O) groups excluding carboxylic acids is 1. The quantitative estimate of drug-likeness (QED) is 0.354. The molecule has 1 aromatic carbocycles. The van der Waals surface area contributed by atoms with Crippen molar-refractivity contribution in [1.82, 2.24) is 0 Å². The smallest absolute Gasteiger partial charge is 0.454 e. The molecule has 0 fully saturated rings. The van der Waals surface area contributed by atoms with E-state index in [0.717, 1.165) is 12.1 Å². The molecule has 0 spiro atoms. The van der Waals surface area contributed by atoms with Gasteiger partial charge < -0.3 is 4.74 Å². The Morgan fingerprint density at radius 2 is 2.12 bits per heavy atom. The van der Waals surface area contributed by atoms with E-state index in [-0.39, 0.29) is 5.75 Å². The molecule has 0 saturated heterocycles. The third-order valence-corrected chi connectivity index (χ3v) is 1.86. The molecule has 0 atom stereocenters. The molecule has 0 unspecified atom stereocenters. The SMILES string of the molecule is COc1ccc(N=[N+]=[N-])c(C(=O)C(F)(F)F)c1. The van der Waals surface area contributed by atoms with Crippen LogP contribution in [0.2, 0.25) is 0 Å². The van der Waals surface area contributed by atoms with Crippen LogP contribution in [-0.4, -0.2) is 19.1 Å². The lowest BCUT2D eigenvalue weighted by atomic mass is 10.1. The largest absolute Gasteiger partial charge is 0.497 e. The molecule has 1 aromatic rings. The predicted molar refractivity (Wildman–Crippen MR) is 52.2 cm³/mol. The van der Waals surface area contributed by atoms with E-state index in [2.05, 4.69) is 10.0 Å². The summed E-state index contributed by atoms with van der Waals surface area (Å²) in [6.07, 6.45) is -5.04. The number of azide groups is 1. The topological polar surface area (TPSA) is 75.1 Å². The average molecular weight is 245 g/mol. The number of Topliss-reactive ketones (excluding diaryl/α,β-unsaturated/α-hetero) is 1. The zero-order valence-electron chi connectivity index (χ0n) is 8.52. The predicted octanol–water partition coefficient (Wildman–Crippen LogP) is 3.38. The summed E-state index contributed by atoms with van der Waals surface area (Å²) >= 11 is 0. The third-order valence-electron chi connectivity index (χ3n) is 1.86. The Kier molecular flexibility index (Phi) is 3.59. The van der Waals surface area contributed by atoms with Crippen molar-refractivity contribution in [2.45, 2.75) is 6.18 Å². The van der Waals surface area contributed by atoms with Crippen molar-refractivity contribution in [1.29, 1.82) is 0 Å². The van der Waals surface area contributed by atoms with E-state index in [1.54, 1.807) is 0 Å². The van der Waals surface area contributed by atoms with Gasteiger partial charge in [-0.25, -0.2) is 0 Å². The molecule has 8 heteroatoms. The van der Waals surface area contributed by atoms with Gasteiger partial charge in [-0.3, -0.25) is 4.79 Å². The summed E-state index contributed by atoms with van der Waals surface area (Å²) in [4.78, 5) is 13.4. The van der Waals surface area contributed by atoms with Crippen LogP contribution in [0.15, 0.2) is 23.3 Å². The zero-order valence-corrected chi connectivity index (χ0v) is 8.52. The number of ether oxygens (including phenoxy) is 1. The number of ketones is 1. The molecule has 0 radical (unpaired) electrons. The fourth-order valence-corrected chi connectivity index (χ4v) is 1.11. The lowest BCUT2D eigenvalue weighted by molar-refractivity contribution is -0.0884. The second-order valence-electron chi connectivity index (χ2n) is 2.90. The van der Waals surface area contributed by atoms with Crippen LogP contribution in [-0.2, 0) is 0 Å². The van der Waals surface area contributed by atoms with Crippen molar-refractivity contribution < 1.29 is 22.7 Å². The van der Waals surface area contributed by atoms with Crippen LogP contribution >= 0.6 is 0 Å². The Morgan fingerprint density at radius 1 is 1.47 bits per heavy atom. The number of hydrogen-bond donors (Lipinski definition) is 0. The number of rotatable bonds is 3. The molecule has 0 aliphatic rings. The van der Waals surface area contributed by atoms with Crippen molar-refractivity contribution in [3.8, 4) is 5.75 Å². The molecular weight excluding hydrogens is 239 g/mol. The van der Waals surface area contributed by atoms with Crippen LogP contribution in [0.1, 0.15) is 10.4 Å². The second-order valence-corrected chi connectivity index (χ2v) is 2.90. The van der Waals surface area contributed by atoms with Crippen molar-refractivity contribution in [3.05, 3.63) is 34.2 Å². The van der Waals surface area contributed by atoms with Gasteiger partial charge in [0.25, 0.3) is 5.78 Å². The van der Waals surface area contributed by atoms with Gasteiger partial charge in [0.15, 0.2) is 0 Å². The van der Waals surface area contributed by atoms with E-state index in [9.17, 15) is 18.0 Å². The number of nitrogens with zero attached hydrogens (tertiary/aromatic N) is 3. The van der Waals surface area contributed by atoms with Gasteiger partial charge in [-0.2, -0.15) is 13.2 Å². The summed E-state index contributed by atoms with van der Waals surface area (Å²) in [5, 5.41) is 3.02. The minimum Gasteiger partial charge on any atom is -0.497 e. The molecule has 17 heavy (non-hydrogen) atoms. The summed E-state index contributed by atoms with van der Waals surface area (Å²) < 4.78 is 41.5. The first-order chi connectivity index (χ1) is 7.90. The molecule has 90 valence electrons. The van der Waals surface area contributed by atoms with Gasteiger partial charge in [-0.05, 0) is 23.7 Å². The molecule has 1 rings (SSSR count). The molecule has 0 bridgehead atoms. The first-order valence-corrected chi connectivity index (χ1v) is 4.25. The summed E-state index contributed by atoms with van der Waals surface area (Å²) in [6, 6.07) is 3.24. The lowest BCUT2D eigenvalue weighted by Gasteiger charge is -2.09. The fraction of sp³-hybridized carbons (Fsp3) is 0.222. The summed E-state index contributed by atoms with van der Waals surface area (Å²) in [5.74, 6) is -2.02. The van der Waals surface area contributed by atoms with Gasteiger partial charge in [0.1, 0.15) is 5.75 Å². The van der Waals surface area contributed by atoms with Gasteiger partial charge in [-0.1, -0.05) is 5.11 Å². The number of hydrogen-bond acceptors (Lipinski definition) is 3. The third kappa shape index (κ3) is 2.88. The number of benzene rings is 1. The lowest BCUT2D eigenvalue weighted by Crippen LogP contribution is -2.22. The van der Waals surface area contributed by atoms with Crippen molar-refractivity contribution in [2.75, 3.05) is 7.11 Å². The molecule has 0 aliphatic carbocycles.